The van der Waals surface area contributed by atoms with Crippen molar-refractivity contribution in [1.29, 1.82) is 0 Å². The van der Waals surface area contributed by atoms with Crippen LogP contribution in [0.2, 0.25) is 0 Å². The molecule has 14 nitrogen and oxygen atoms in total. The van der Waals surface area contributed by atoms with Crippen molar-refractivity contribution in [3.63, 3.8) is 0 Å². The number of anilines is 6. The number of hydrogen-bond donors (Lipinski definition) is 4. The maximum absolute atomic E-state index is 14.0. The van der Waals surface area contributed by atoms with Crippen LogP contribution in [0.4, 0.5) is 56.9 Å². The lowest BCUT2D eigenvalue weighted by Gasteiger charge is -2.21. The number of para-hydroxylation sites is 2. The number of fused-ring (bicyclic) bond motifs is 4. The average molecular weight is 1220 g/mol. The highest BCUT2D eigenvalue weighted by Crippen LogP contribution is 2.43. The van der Waals surface area contributed by atoms with Crippen molar-refractivity contribution in [2.45, 2.75) is 0 Å². The fourth-order valence-electron chi connectivity index (χ4n) is 11.3. The Morgan fingerprint density at radius 3 is 1.06 bits per heavy atom. The second-order valence-corrected chi connectivity index (χ2v) is 22.1. The van der Waals surface area contributed by atoms with Gasteiger partial charge >= 0.3 is 0 Å². The molecule has 0 radical (unpaired) electrons. The van der Waals surface area contributed by atoms with E-state index in [1.807, 2.05) is 241 Å². The number of rotatable bonds is 17. The van der Waals surface area contributed by atoms with Gasteiger partial charge in [0.2, 0.25) is 0 Å². The molecule has 0 saturated heterocycles. The van der Waals surface area contributed by atoms with Crippen LogP contribution < -0.4 is 20.7 Å². The van der Waals surface area contributed by atoms with Gasteiger partial charge in [-0.2, -0.15) is 20.4 Å². The Balaban J connectivity index is 0.634. The Morgan fingerprint density at radius 2 is 0.670 bits per heavy atom. The standard InChI is InChI=1S/C80H56N10O4/c91-77-71(79(93)83-61-41-33-53(34-42-61)51-81-89(65-23-3-1-4-24-65)73-31-15-21-57-17-7-11-27-67(57)73)49-59-19-9-13-29-69(59)75(77)87-85-63-45-37-55(38-46-63)56-39-47-64(48-40-56)86-88-76-70-30-14-10-20-60(70)50-72(78(76)92)80(94)84-62-43-35-54(36-44-62)52-82-90(66-25-5-2-6-26-66)74-32-16-22-58-18-8-12-28-68(58)74/h1-52,91-92H,(H,83,93)(H,84,94)/b81-51+,82-52+,87-85?,88-86?. The fourth-order valence-corrected chi connectivity index (χ4v) is 11.3. The maximum Gasteiger partial charge on any atom is 0.259 e. The van der Waals surface area contributed by atoms with Crippen molar-refractivity contribution in [3.8, 4) is 22.6 Å². The Bertz CT molecular complexity index is 4920. The number of carbonyl (C=O) groups is 2. The largest absolute Gasteiger partial charge is 0.505 e. The number of aromatic hydroxyl groups is 2. The highest BCUT2D eigenvalue weighted by molar-refractivity contribution is 6.13. The molecule has 0 aliphatic heterocycles. The summed E-state index contributed by atoms with van der Waals surface area (Å²) in [5.41, 5.74) is 9.58. The number of hydrogen-bond acceptors (Lipinski definition) is 12. The number of nitrogens with one attached hydrogen (secondary N) is 2. The van der Waals surface area contributed by atoms with E-state index in [0.29, 0.717) is 44.3 Å². The Morgan fingerprint density at radius 1 is 0.330 bits per heavy atom. The van der Waals surface area contributed by atoms with E-state index in [9.17, 15) is 19.8 Å². The lowest BCUT2D eigenvalue weighted by Crippen LogP contribution is -2.12. The van der Waals surface area contributed by atoms with Crippen molar-refractivity contribution >= 4 is 124 Å². The monoisotopic (exact) mass is 1220 g/mol. The minimum atomic E-state index is -0.517. The number of phenols is 2. The summed E-state index contributed by atoms with van der Waals surface area (Å²) in [6.45, 7) is 0. The van der Waals surface area contributed by atoms with Gasteiger partial charge in [0.1, 0.15) is 11.4 Å². The lowest BCUT2D eigenvalue weighted by atomic mass is 10.0. The second-order valence-electron chi connectivity index (χ2n) is 22.1. The van der Waals surface area contributed by atoms with E-state index in [-0.39, 0.29) is 34.0 Å². The molecule has 14 heteroatoms. The first kappa shape index (κ1) is 58.5. The second kappa shape index (κ2) is 26.5. The lowest BCUT2D eigenvalue weighted by molar-refractivity contribution is 0.101. The van der Waals surface area contributed by atoms with Crippen molar-refractivity contribution in [2.24, 2.45) is 30.7 Å². The molecular formula is C80H56N10O4. The molecular weight excluding hydrogens is 1160 g/mol. The van der Waals surface area contributed by atoms with E-state index >= 15 is 0 Å². The normalized spacial score (nSPS) is 11.6. The van der Waals surface area contributed by atoms with Gasteiger partial charge in [0, 0.05) is 32.9 Å². The average Bonchev–Trinajstić information content (AvgIpc) is 0.821. The van der Waals surface area contributed by atoms with Crippen LogP contribution in [0.25, 0.3) is 54.2 Å². The number of nitrogens with zero attached hydrogens (tertiary/aromatic N) is 8. The van der Waals surface area contributed by atoms with E-state index in [2.05, 4.69) is 67.5 Å². The minimum Gasteiger partial charge on any atom is -0.505 e. The molecule has 0 heterocycles. The molecule has 0 aromatic heterocycles. The minimum absolute atomic E-state index is 0.0396. The summed E-state index contributed by atoms with van der Waals surface area (Å²) >= 11 is 0. The molecule has 14 aromatic rings. The van der Waals surface area contributed by atoms with E-state index in [4.69, 9.17) is 10.2 Å². The van der Waals surface area contributed by atoms with Gasteiger partial charge < -0.3 is 20.8 Å². The van der Waals surface area contributed by atoms with Crippen LogP contribution in [-0.4, -0.2) is 34.5 Å². The van der Waals surface area contributed by atoms with Gasteiger partial charge in [-0.3, -0.25) is 9.59 Å². The fraction of sp³-hybridized carbons (Fsp3) is 0. The number of benzene rings is 14. The molecule has 14 rings (SSSR count). The van der Waals surface area contributed by atoms with Crippen molar-refractivity contribution in [1.82, 2.24) is 0 Å². The molecule has 14 aromatic carbocycles. The first-order chi connectivity index (χ1) is 46.2. The zero-order valence-electron chi connectivity index (χ0n) is 50.3. The number of amides is 2. The topological polar surface area (TPSA) is 179 Å². The third-order valence-electron chi connectivity index (χ3n) is 16.1. The Labute approximate surface area is 540 Å². The van der Waals surface area contributed by atoms with E-state index in [1.165, 1.54) is 0 Å². The van der Waals surface area contributed by atoms with Crippen molar-refractivity contribution in [3.05, 3.63) is 326 Å². The summed E-state index contributed by atoms with van der Waals surface area (Å²) in [5, 5.41) is 68.0. The van der Waals surface area contributed by atoms with Gasteiger partial charge in [-0.15, -0.1) is 10.2 Å². The summed E-state index contributed by atoms with van der Waals surface area (Å²) in [4.78, 5) is 27.9. The molecule has 0 aliphatic rings. The van der Waals surface area contributed by atoms with E-state index in [0.717, 1.165) is 66.5 Å². The van der Waals surface area contributed by atoms with Gasteiger partial charge in [0.25, 0.3) is 11.8 Å². The molecule has 0 unspecified atom stereocenters. The first-order valence-corrected chi connectivity index (χ1v) is 30.3. The van der Waals surface area contributed by atoms with Gasteiger partial charge in [-0.1, -0.05) is 206 Å². The quantitative estimate of drug-likeness (QED) is 0.0400. The Kier molecular flexibility index (Phi) is 16.5. The van der Waals surface area contributed by atoms with Crippen molar-refractivity contribution < 1.29 is 19.8 Å². The predicted molar refractivity (Wildman–Crippen MR) is 380 cm³/mol. The highest BCUT2D eigenvalue weighted by Gasteiger charge is 2.22. The van der Waals surface area contributed by atoms with Gasteiger partial charge in [-0.25, -0.2) is 10.0 Å². The zero-order chi connectivity index (χ0) is 63.7. The molecule has 2 amide bonds. The summed E-state index contributed by atoms with van der Waals surface area (Å²) in [5.74, 6) is -1.65. The molecule has 450 valence electrons. The predicted octanol–water partition coefficient (Wildman–Crippen LogP) is 21.1. The van der Waals surface area contributed by atoms with Crippen LogP contribution in [0.1, 0.15) is 31.8 Å². The SMILES string of the molecule is O=C(Nc1ccc(/C=N/N(c2ccccc2)c2cccc3ccccc23)cc1)c1cc2ccccc2c(N=Nc2ccc(-c3ccc(N=Nc4c(O)c(C(=O)Nc5ccc(/C=N/N(c6ccccc6)c6cccc7ccccc67)cc5)cc5ccccc45)cc3)cc2)c1O. The van der Waals surface area contributed by atoms with E-state index in [1.54, 1.807) is 48.8 Å². The van der Waals surface area contributed by atoms with Crippen LogP contribution in [0.3, 0.4) is 0 Å². The molecule has 0 aliphatic carbocycles. The number of azo groups is 2. The molecule has 0 bridgehead atoms. The Hall–Kier alpha value is -13.2. The number of phenolic OH excluding ortho intramolecular Hbond substituents is 2. The first-order valence-electron chi connectivity index (χ1n) is 30.3. The number of hydrazone groups is 2. The zero-order valence-corrected chi connectivity index (χ0v) is 50.3. The molecule has 0 saturated carbocycles. The van der Waals surface area contributed by atoms with Gasteiger partial charge in [-0.05, 0) is 141 Å². The molecule has 0 fully saturated rings. The highest BCUT2D eigenvalue weighted by atomic mass is 16.3. The van der Waals surface area contributed by atoms with Gasteiger partial charge in [0.15, 0.2) is 11.5 Å². The third-order valence-corrected chi connectivity index (χ3v) is 16.1. The van der Waals surface area contributed by atoms with Gasteiger partial charge in [0.05, 0.1) is 57.7 Å². The van der Waals surface area contributed by atoms with Crippen LogP contribution in [0.5, 0.6) is 11.5 Å². The maximum atomic E-state index is 14.0. The third kappa shape index (κ3) is 12.6. The van der Waals surface area contributed by atoms with Crippen LogP contribution in [0.15, 0.2) is 334 Å². The smallest absolute Gasteiger partial charge is 0.259 e. The molecule has 4 N–H and O–H groups in total. The van der Waals surface area contributed by atoms with Crippen LogP contribution in [-0.2, 0) is 0 Å². The molecule has 94 heavy (non-hydrogen) atoms. The van der Waals surface area contributed by atoms with Crippen LogP contribution in [0, 0.1) is 0 Å². The molecule has 0 atom stereocenters. The van der Waals surface area contributed by atoms with E-state index < -0.39 is 11.8 Å². The van der Waals surface area contributed by atoms with Crippen LogP contribution >= 0.6 is 0 Å². The number of carbonyl (C=O) groups excluding carboxylic acids is 2. The molecule has 0 spiro atoms. The van der Waals surface area contributed by atoms with Crippen molar-refractivity contribution in [2.75, 3.05) is 20.7 Å². The summed E-state index contributed by atoms with van der Waals surface area (Å²) in [6.07, 6.45) is 3.56. The summed E-state index contributed by atoms with van der Waals surface area (Å²) in [6, 6.07) is 96.2. The summed E-state index contributed by atoms with van der Waals surface area (Å²) in [7, 11) is 0. The summed E-state index contributed by atoms with van der Waals surface area (Å²) < 4.78 is 0.